The van der Waals surface area contributed by atoms with Gasteiger partial charge in [0.2, 0.25) is 0 Å². The van der Waals surface area contributed by atoms with Gasteiger partial charge in [-0.05, 0) is 35.4 Å². The maximum Gasteiger partial charge on any atom is 0.159 e. The molecule has 27 heavy (non-hydrogen) atoms. The van der Waals surface area contributed by atoms with Gasteiger partial charge in [0, 0.05) is 24.7 Å². The molecule has 2 unspecified atom stereocenters. The lowest BCUT2D eigenvalue weighted by molar-refractivity contribution is -0.0537. The van der Waals surface area contributed by atoms with Gasteiger partial charge >= 0.3 is 0 Å². The van der Waals surface area contributed by atoms with Crippen molar-refractivity contribution in [3.8, 4) is 0 Å². The first-order valence-electron chi connectivity index (χ1n) is 8.80. The Kier molecular flexibility index (Phi) is 7.15. The summed E-state index contributed by atoms with van der Waals surface area (Å²) < 4.78 is 37.8. The summed E-state index contributed by atoms with van der Waals surface area (Å²) in [4.78, 5) is 2.03. The van der Waals surface area contributed by atoms with E-state index in [1.165, 1.54) is 6.07 Å². The average molecular weight is 398 g/mol. The third-order valence-electron chi connectivity index (χ3n) is 4.43. The minimum atomic E-state index is -0.885. The third-order valence-corrected chi connectivity index (χ3v) is 4.68. The highest BCUT2D eigenvalue weighted by Crippen LogP contribution is 2.24. The Morgan fingerprint density at radius 1 is 1.19 bits per heavy atom. The van der Waals surface area contributed by atoms with Gasteiger partial charge in [-0.2, -0.15) is 0 Å². The number of aliphatic hydroxyl groups is 1. The Morgan fingerprint density at radius 2 is 1.96 bits per heavy atom. The quantitative estimate of drug-likeness (QED) is 0.775. The third kappa shape index (κ3) is 5.96. The number of hydrogen-bond acceptors (Lipinski definition) is 4. The second-order valence-corrected chi connectivity index (χ2v) is 7.02. The van der Waals surface area contributed by atoms with Gasteiger partial charge < -0.3 is 14.6 Å². The van der Waals surface area contributed by atoms with Gasteiger partial charge in [-0.1, -0.05) is 29.8 Å². The summed E-state index contributed by atoms with van der Waals surface area (Å²) in [6.45, 7) is 2.64. The Morgan fingerprint density at radius 3 is 2.70 bits per heavy atom. The van der Waals surface area contributed by atoms with Crippen LogP contribution in [-0.4, -0.2) is 49.0 Å². The number of halogens is 3. The van der Waals surface area contributed by atoms with Crippen molar-refractivity contribution in [3.63, 3.8) is 0 Å². The Bertz CT molecular complexity index is 745. The van der Waals surface area contributed by atoms with E-state index in [1.54, 1.807) is 12.1 Å². The summed E-state index contributed by atoms with van der Waals surface area (Å²) in [5.41, 5.74) is 1.57. The van der Waals surface area contributed by atoms with E-state index in [-0.39, 0.29) is 12.7 Å². The number of ether oxygens (including phenoxy) is 2. The maximum absolute atomic E-state index is 13.4. The van der Waals surface area contributed by atoms with Crippen molar-refractivity contribution in [1.29, 1.82) is 0 Å². The fourth-order valence-electron chi connectivity index (χ4n) is 3.03. The van der Waals surface area contributed by atoms with Gasteiger partial charge in [-0.15, -0.1) is 0 Å². The van der Waals surface area contributed by atoms with Gasteiger partial charge in [-0.25, -0.2) is 8.78 Å². The summed E-state index contributed by atoms with van der Waals surface area (Å²) in [7, 11) is 0. The molecule has 0 aromatic heterocycles. The van der Waals surface area contributed by atoms with E-state index in [4.69, 9.17) is 21.1 Å². The molecule has 2 aromatic carbocycles. The van der Waals surface area contributed by atoms with E-state index < -0.39 is 17.7 Å². The molecule has 3 rings (SSSR count). The average Bonchev–Trinajstić information content (AvgIpc) is 2.66. The number of aliphatic hydroxyl groups excluding tert-OH is 1. The molecule has 1 aliphatic heterocycles. The Hall–Kier alpha value is -1.57. The van der Waals surface area contributed by atoms with Crippen LogP contribution in [0, 0.1) is 11.6 Å². The second-order valence-electron chi connectivity index (χ2n) is 6.59. The second kappa shape index (κ2) is 9.57. The zero-order chi connectivity index (χ0) is 19.2. The predicted octanol–water partition coefficient (Wildman–Crippen LogP) is 3.57. The zero-order valence-corrected chi connectivity index (χ0v) is 15.5. The van der Waals surface area contributed by atoms with Gasteiger partial charge in [0.1, 0.15) is 0 Å². The standard InChI is InChI=1S/C20H22ClF2NO3/c21-16-4-1-14(2-5-16)12-26-13-17(25)10-24-7-8-27-20(11-24)15-3-6-18(22)19(23)9-15/h1-6,9,17,20,25H,7-8,10-13H2. The van der Waals surface area contributed by atoms with Crippen LogP contribution in [0.4, 0.5) is 8.78 Å². The molecule has 0 aliphatic carbocycles. The van der Waals surface area contributed by atoms with Crippen LogP contribution in [-0.2, 0) is 16.1 Å². The number of morpholine rings is 1. The van der Waals surface area contributed by atoms with Gasteiger partial charge in [0.05, 0.1) is 32.0 Å². The minimum absolute atomic E-state index is 0.204. The van der Waals surface area contributed by atoms with E-state index in [0.717, 1.165) is 17.7 Å². The molecule has 1 heterocycles. The molecule has 7 heteroatoms. The summed E-state index contributed by atoms with van der Waals surface area (Å²) >= 11 is 5.84. The van der Waals surface area contributed by atoms with Crippen molar-refractivity contribution >= 4 is 11.6 Å². The first-order valence-corrected chi connectivity index (χ1v) is 9.18. The fourth-order valence-corrected chi connectivity index (χ4v) is 3.15. The highest BCUT2D eigenvalue weighted by atomic mass is 35.5. The molecular weight excluding hydrogens is 376 g/mol. The maximum atomic E-state index is 13.4. The van der Waals surface area contributed by atoms with E-state index in [2.05, 4.69) is 0 Å². The van der Waals surface area contributed by atoms with Crippen LogP contribution in [0.3, 0.4) is 0 Å². The Labute approximate surface area is 162 Å². The van der Waals surface area contributed by atoms with Crippen LogP contribution in [0.2, 0.25) is 5.02 Å². The molecule has 1 N–H and O–H groups in total. The molecule has 0 bridgehead atoms. The summed E-state index contributed by atoms with van der Waals surface area (Å²) in [6.07, 6.45) is -1.00. The van der Waals surface area contributed by atoms with Crippen LogP contribution in [0.1, 0.15) is 17.2 Å². The fraction of sp³-hybridized carbons (Fsp3) is 0.400. The van der Waals surface area contributed by atoms with E-state index >= 15 is 0 Å². The Balaban J connectivity index is 1.45. The first-order chi connectivity index (χ1) is 13.0. The largest absolute Gasteiger partial charge is 0.389 e. The molecular formula is C20H22ClF2NO3. The number of rotatable bonds is 7. The van der Waals surface area contributed by atoms with Crippen molar-refractivity contribution < 1.29 is 23.4 Å². The van der Waals surface area contributed by atoms with Crippen molar-refractivity contribution in [1.82, 2.24) is 4.90 Å². The molecule has 1 aliphatic rings. The SMILES string of the molecule is OC(COCc1ccc(Cl)cc1)CN1CCOC(c2ccc(F)c(F)c2)C1. The number of hydrogen-bond donors (Lipinski definition) is 1. The molecule has 1 saturated heterocycles. The zero-order valence-electron chi connectivity index (χ0n) is 14.8. The summed E-state index contributed by atoms with van der Waals surface area (Å²) in [5.74, 6) is -1.76. The first kappa shape index (κ1) is 20.2. The van der Waals surface area contributed by atoms with E-state index in [1.807, 2.05) is 17.0 Å². The molecule has 4 nitrogen and oxygen atoms in total. The molecule has 1 fully saturated rings. The topological polar surface area (TPSA) is 41.9 Å². The molecule has 0 spiro atoms. The van der Waals surface area contributed by atoms with Gasteiger partial charge in [-0.3, -0.25) is 4.90 Å². The van der Waals surface area contributed by atoms with E-state index in [9.17, 15) is 13.9 Å². The molecule has 0 saturated carbocycles. The number of nitrogens with zero attached hydrogens (tertiary/aromatic N) is 1. The number of benzene rings is 2. The van der Waals surface area contributed by atoms with Crippen molar-refractivity contribution in [2.75, 3.05) is 32.8 Å². The lowest BCUT2D eigenvalue weighted by atomic mass is 10.1. The molecule has 2 atom stereocenters. The smallest absolute Gasteiger partial charge is 0.159 e. The molecule has 146 valence electrons. The predicted molar refractivity (Wildman–Crippen MR) is 98.6 cm³/mol. The van der Waals surface area contributed by atoms with Crippen LogP contribution < -0.4 is 0 Å². The molecule has 2 aromatic rings. The van der Waals surface area contributed by atoms with Crippen LogP contribution >= 0.6 is 11.6 Å². The summed E-state index contributed by atoms with van der Waals surface area (Å²) in [6, 6.07) is 11.1. The highest BCUT2D eigenvalue weighted by molar-refractivity contribution is 6.30. The van der Waals surface area contributed by atoms with Crippen molar-refractivity contribution in [3.05, 3.63) is 70.2 Å². The lowest BCUT2D eigenvalue weighted by Crippen LogP contribution is -2.43. The highest BCUT2D eigenvalue weighted by Gasteiger charge is 2.24. The number of β-amino-alcohol motifs (C(OH)–C–C–N with tert-alkyl or cyclic N) is 1. The monoisotopic (exact) mass is 397 g/mol. The minimum Gasteiger partial charge on any atom is -0.389 e. The summed E-state index contributed by atoms with van der Waals surface area (Å²) in [5, 5.41) is 10.9. The lowest BCUT2D eigenvalue weighted by Gasteiger charge is -2.34. The van der Waals surface area contributed by atoms with Gasteiger partial charge in [0.25, 0.3) is 0 Å². The van der Waals surface area contributed by atoms with Crippen molar-refractivity contribution in [2.24, 2.45) is 0 Å². The van der Waals surface area contributed by atoms with Crippen LogP contribution in [0.15, 0.2) is 42.5 Å². The van der Waals surface area contributed by atoms with Crippen molar-refractivity contribution in [2.45, 2.75) is 18.8 Å². The van der Waals surface area contributed by atoms with Gasteiger partial charge in [0.15, 0.2) is 11.6 Å². The van der Waals surface area contributed by atoms with E-state index in [0.29, 0.717) is 43.4 Å². The van der Waals surface area contributed by atoms with Crippen LogP contribution in [0.5, 0.6) is 0 Å². The normalized spacial score (nSPS) is 19.2. The van der Waals surface area contributed by atoms with Crippen LogP contribution in [0.25, 0.3) is 0 Å². The molecule has 0 radical (unpaired) electrons. The molecule has 0 amide bonds.